The summed E-state index contributed by atoms with van der Waals surface area (Å²) in [6.45, 7) is 1.55. The van der Waals surface area contributed by atoms with Crippen molar-refractivity contribution < 1.29 is 17.6 Å². The SMILES string of the molecule is CCS(=O)(=O)Nc1cccc(NC(=O)c2ccco2)c1. The normalized spacial score (nSPS) is 11.1. The molecule has 0 unspecified atom stereocenters. The lowest BCUT2D eigenvalue weighted by Crippen LogP contribution is -2.15. The van der Waals surface area contributed by atoms with Crippen LogP contribution >= 0.6 is 0 Å². The molecule has 0 bridgehead atoms. The topological polar surface area (TPSA) is 88.4 Å². The highest BCUT2D eigenvalue weighted by Gasteiger charge is 2.10. The van der Waals surface area contributed by atoms with Gasteiger partial charge in [-0.15, -0.1) is 0 Å². The monoisotopic (exact) mass is 294 g/mol. The van der Waals surface area contributed by atoms with E-state index in [1.54, 1.807) is 37.3 Å². The van der Waals surface area contributed by atoms with Gasteiger partial charge in [-0.05, 0) is 37.3 Å². The van der Waals surface area contributed by atoms with E-state index in [1.165, 1.54) is 12.3 Å². The number of rotatable bonds is 5. The standard InChI is InChI=1S/C13H14N2O4S/c1-2-20(17,18)15-11-6-3-5-10(9-11)14-13(16)12-7-4-8-19-12/h3-9,15H,2H2,1H3,(H,14,16). The molecule has 1 aromatic carbocycles. The fraction of sp³-hybridized carbons (Fsp3) is 0.154. The number of hydrogen-bond acceptors (Lipinski definition) is 4. The maximum atomic E-state index is 11.8. The van der Waals surface area contributed by atoms with E-state index in [9.17, 15) is 13.2 Å². The Balaban J connectivity index is 2.12. The van der Waals surface area contributed by atoms with Crippen LogP contribution in [-0.2, 0) is 10.0 Å². The van der Waals surface area contributed by atoms with Crippen LogP contribution < -0.4 is 10.0 Å². The van der Waals surface area contributed by atoms with Gasteiger partial charge in [0.25, 0.3) is 5.91 Å². The first kappa shape index (κ1) is 14.1. The number of amides is 1. The Morgan fingerprint density at radius 2 is 1.95 bits per heavy atom. The third kappa shape index (κ3) is 3.61. The highest BCUT2D eigenvalue weighted by atomic mass is 32.2. The summed E-state index contributed by atoms with van der Waals surface area (Å²) in [6.07, 6.45) is 1.40. The lowest BCUT2D eigenvalue weighted by molar-refractivity contribution is 0.0996. The number of benzene rings is 1. The molecule has 0 saturated heterocycles. The molecule has 20 heavy (non-hydrogen) atoms. The first-order valence-electron chi connectivity index (χ1n) is 5.95. The smallest absolute Gasteiger partial charge is 0.291 e. The van der Waals surface area contributed by atoms with Crippen molar-refractivity contribution in [3.63, 3.8) is 0 Å². The van der Waals surface area contributed by atoms with Gasteiger partial charge < -0.3 is 9.73 Å². The summed E-state index contributed by atoms with van der Waals surface area (Å²) >= 11 is 0. The number of anilines is 2. The summed E-state index contributed by atoms with van der Waals surface area (Å²) in [5.41, 5.74) is 0.867. The van der Waals surface area contributed by atoms with E-state index < -0.39 is 15.9 Å². The van der Waals surface area contributed by atoms with Crippen molar-refractivity contribution in [2.45, 2.75) is 6.92 Å². The molecule has 0 spiro atoms. The zero-order valence-corrected chi connectivity index (χ0v) is 11.6. The number of carbonyl (C=O) groups is 1. The van der Waals surface area contributed by atoms with Crippen molar-refractivity contribution in [1.29, 1.82) is 0 Å². The van der Waals surface area contributed by atoms with Gasteiger partial charge >= 0.3 is 0 Å². The molecule has 1 aromatic heterocycles. The van der Waals surface area contributed by atoms with Crippen molar-refractivity contribution in [2.24, 2.45) is 0 Å². The van der Waals surface area contributed by atoms with Crippen molar-refractivity contribution in [1.82, 2.24) is 0 Å². The van der Waals surface area contributed by atoms with E-state index in [-0.39, 0.29) is 11.5 Å². The second-order valence-electron chi connectivity index (χ2n) is 4.02. The third-order valence-corrected chi connectivity index (χ3v) is 3.83. The molecular formula is C13H14N2O4S. The molecule has 2 rings (SSSR count). The Bertz CT molecular complexity index is 693. The molecule has 1 heterocycles. The van der Waals surface area contributed by atoms with Crippen LogP contribution in [0.3, 0.4) is 0 Å². The van der Waals surface area contributed by atoms with Gasteiger partial charge in [-0.3, -0.25) is 9.52 Å². The molecule has 0 aliphatic rings. The van der Waals surface area contributed by atoms with Crippen molar-refractivity contribution in [2.75, 3.05) is 15.8 Å². The molecule has 2 aromatic rings. The first-order chi connectivity index (χ1) is 9.50. The Kier molecular flexibility index (Phi) is 4.09. The lowest BCUT2D eigenvalue weighted by atomic mass is 10.3. The predicted octanol–water partition coefficient (Wildman–Crippen LogP) is 2.29. The molecule has 106 valence electrons. The summed E-state index contributed by atoms with van der Waals surface area (Å²) in [5, 5.41) is 2.62. The Morgan fingerprint density at radius 3 is 2.60 bits per heavy atom. The minimum absolute atomic E-state index is 0.0179. The maximum Gasteiger partial charge on any atom is 0.291 e. The summed E-state index contributed by atoms with van der Waals surface area (Å²) in [7, 11) is -3.34. The van der Waals surface area contributed by atoms with Crippen molar-refractivity contribution in [3.8, 4) is 0 Å². The fourth-order valence-electron chi connectivity index (χ4n) is 1.51. The number of nitrogens with one attached hydrogen (secondary N) is 2. The zero-order valence-electron chi connectivity index (χ0n) is 10.8. The van der Waals surface area contributed by atoms with E-state index in [4.69, 9.17) is 4.42 Å². The van der Waals surface area contributed by atoms with Gasteiger partial charge in [-0.25, -0.2) is 8.42 Å². The summed E-state index contributed by atoms with van der Waals surface area (Å²) < 4.78 is 30.3. The Hall–Kier alpha value is -2.28. The van der Waals surface area contributed by atoms with Crippen molar-refractivity contribution >= 4 is 27.3 Å². The highest BCUT2D eigenvalue weighted by molar-refractivity contribution is 7.92. The predicted molar refractivity (Wildman–Crippen MR) is 76.2 cm³/mol. The van der Waals surface area contributed by atoms with E-state index in [1.807, 2.05) is 0 Å². The third-order valence-electron chi connectivity index (χ3n) is 2.52. The number of sulfonamides is 1. The van der Waals surface area contributed by atoms with Crippen LogP contribution in [0.5, 0.6) is 0 Å². The Morgan fingerprint density at radius 1 is 1.20 bits per heavy atom. The lowest BCUT2D eigenvalue weighted by Gasteiger charge is -2.08. The Labute approximate surface area is 116 Å². The number of hydrogen-bond donors (Lipinski definition) is 2. The van der Waals surface area contributed by atoms with Crippen LogP contribution in [0.15, 0.2) is 47.1 Å². The molecule has 2 N–H and O–H groups in total. The van der Waals surface area contributed by atoms with Gasteiger partial charge in [0.1, 0.15) is 0 Å². The zero-order chi connectivity index (χ0) is 14.6. The molecule has 0 atom stereocenters. The summed E-state index contributed by atoms with van der Waals surface area (Å²) in [5.74, 6) is -0.231. The molecule has 0 radical (unpaired) electrons. The molecule has 0 aliphatic heterocycles. The van der Waals surface area contributed by atoms with E-state index in [0.717, 1.165) is 0 Å². The van der Waals surface area contributed by atoms with Gasteiger partial charge in [-0.1, -0.05) is 6.07 Å². The van der Waals surface area contributed by atoms with Crippen LogP contribution in [0.2, 0.25) is 0 Å². The van der Waals surface area contributed by atoms with Crippen LogP contribution in [-0.4, -0.2) is 20.1 Å². The van der Waals surface area contributed by atoms with Crippen LogP contribution in [0.25, 0.3) is 0 Å². The average molecular weight is 294 g/mol. The first-order valence-corrected chi connectivity index (χ1v) is 7.61. The van der Waals surface area contributed by atoms with Gasteiger partial charge in [0.05, 0.1) is 17.7 Å². The molecule has 0 saturated carbocycles. The van der Waals surface area contributed by atoms with Gasteiger partial charge in [0.15, 0.2) is 5.76 Å². The van der Waals surface area contributed by atoms with Crippen LogP contribution in [0.4, 0.5) is 11.4 Å². The highest BCUT2D eigenvalue weighted by Crippen LogP contribution is 2.17. The minimum Gasteiger partial charge on any atom is -0.459 e. The van der Waals surface area contributed by atoms with Crippen molar-refractivity contribution in [3.05, 3.63) is 48.4 Å². The summed E-state index contributed by atoms with van der Waals surface area (Å²) in [6, 6.07) is 9.60. The van der Waals surface area contributed by atoms with E-state index in [2.05, 4.69) is 10.0 Å². The van der Waals surface area contributed by atoms with Gasteiger partial charge in [-0.2, -0.15) is 0 Å². The second-order valence-corrected chi connectivity index (χ2v) is 6.03. The molecule has 0 aliphatic carbocycles. The minimum atomic E-state index is -3.34. The fourth-order valence-corrected chi connectivity index (χ4v) is 2.14. The number of furan rings is 1. The summed E-state index contributed by atoms with van der Waals surface area (Å²) in [4.78, 5) is 11.8. The molecule has 6 nitrogen and oxygen atoms in total. The molecule has 1 amide bonds. The quantitative estimate of drug-likeness (QED) is 0.885. The van der Waals surface area contributed by atoms with E-state index in [0.29, 0.717) is 11.4 Å². The van der Waals surface area contributed by atoms with E-state index >= 15 is 0 Å². The largest absolute Gasteiger partial charge is 0.459 e. The molecular weight excluding hydrogens is 280 g/mol. The average Bonchev–Trinajstić information content (AvgIpc) is 2.92. The van der Waals surface area contributed by atoms with Gasteiger partial charge in [0, 0.05) is 5.69 Å². The second kappa shape index (κ2) is 5.79. The molecule has 7 heteroatoms. The van der Waals surface area contributed by atoms with Crippen LogP contribution in [0.1, 0.15) is 17.5 Å². The van der Waals surface area contributed by atoms with Crippen LogP contribution in [0, 0.1) is 0 Å². The van der Waals surface area contributed by atoms with Gasteiger partial charge in [0.2, 0.25) is 10.0 Å². The number of carbonyl (C=O) groups excluding carboxylic acids is 1. The molecule has 0 fully saturated rings. The maximum absolute atomic E-state index is 11.8.